The van der Waals surface area contributed by atoms with Crippen LogP contribution in [0.25, 0.3) is 0 Å². The fourth-order valence-electron chi connectivity index (χ4n) is 2.72. The number of ether oxygens (including phenoxy) is 1. The van der Waals surface area contributed by atoms with Gasteiger partial charge >= 0.3 is 5.97 Å². The molecule has 2 aromatic rings. The number of hydrogen-bond donors (Lipinski definition) is 3. The molecule has 4 N–H and O–H groups in total. The number of amides is 3. The van der Waals surface area contributed by atoms with Crippen molar-refractivity contribution in [2.75, 3.05) is 11.9 Å². The third-order valence-electron chi connectivity index (χ3n) is 4.26. The summed E-state index contributed by atoms with van der Waals surface area (Å²) in [6, 6.07) is 14.5. The van der Waals surface area contributed by atoms with Crippen LogP contribution < -0.4 is 16.4 Å². The zero-order valence-corrected chi connectivity index (χ0v) is 16.9. The van der Waals surface area contributed by atoms with Crippen LogP contribution in [-0.2, 0) is 25.5 Å². The predicted octanol–water partition coefficient (Wildman–Crippen LogP) is 1.65. The first-order chi connectivity index (χ1) is 14.3. The Morgan fingerprint density at radius 3 is 2.20 bits per heavy atom. The standard InChI is InChI=1S/C22H25N3O5/c1-14(2)20(25-18(26)12-15-8-4-3-5-9-15)22(29)30-13-19(27)24-17-11-7-6-10-16(17)21(23)28/h3-11,14,20H,12-13H2,1-2H3,(H2,23,28)(H,24,27)(H,25,26)/t20-/m0/s1. The minimum atomic E-state index is -0.896. The molecule has 0 unspecified atom stereocenters. The average molecular weight is 411 g/mol. The number of hydrogen-bond acceptors (Lipinski definition) is 5. The summed E-state index contributed by atoms with van der Waals surface area (Å²) < 4.78 is 5.07. The lowest BCUT2D eigenvalue weighted by Crippen LogP contribution is -2.46. The van der Waals surface area contributed by atoms with Crippen molar-refractivity contribution in [2.24, 2.45) is 11.7 Å². The molecule has 8 heteroatoms. The average Bonchev–Trinajstić information content (AvgIpc) is 2.71. The van der Waals surface area contributed by atoms with Crippen LogP contribution in [0, 0.1) is 5.92 Å². The molecule has 3 amide bonds. The number of benzene rings is 2. The molecule has 158 valence electrons. The summed E-state index contributed by atoms with van der Waals surface area (Å²) in [6.45, 7) is 2.96. The third kappa shape index (κ3) is 6.73. The number of anilines is 1. The van der Waals surface area contributed by atoms with Gasteiger partial charge in [-0.1, -0.05) is 56.3 Å². The van der Waals surface area contributed by atoms with Gasteiger partial charge < -0.3 is 21.1 Å². The molecule has 2 rings (SSSR count). The quantitative estimate of drug-likeness (QED) is 0.541. The zero-order chi connectivity index (χ0) is 22.1. The number of nitrogens with one attached hydrogen (secondary N) is 2. The van der Waals surface area contributed by atoms with Gasteiger partial charge in [-0.25, -0.2) is 4.79 Å². The van der Waals surface area contributed by atoms with Crippen LogP contribution in [0.15, 0.2) is 54.6 Å². The Bertz CT molecular complexity index is 912. The lowest BCUT2D eigenvalue weighted by molar-refractivity contribution is -0.151. The van der Waals surface area contributed by atoms with Crippen molar-refractivity contribution in [1.29, 1.82) is 0 Å². The molecule has 2 aromatic carbocycles. The SMILES string of the molecule is CC(C)[C@H](NC(=O)Cc1ccccc1)C(=O)OCC(=O)Nc1ccccc1C(N)=O. The Morgan fingerprint density at radius 1 is 0.933 bits per heavy atom. The minimum Gasteiger partial charge on any atom is -0.454 e. The van der Waals surface area contributed by atoms with Gasteiger partial charge in [0.05, 0.1) is 17.7 Å². The molecule has 0 saturated heterocycles. The van der Waals surface area contributed by atoms with E-state index in [1.54, 1.807) is 26.0 Å². The number of carbonyl (C=O) groups excluding carboxylic acids is 4. The first-order valence-electron chi connectivity index (χ1n) is 9.46. The van der Waals surface area contributed by atoms with Gasteiger partial charge in [0, 0.05) is 0 Å². The number of nitrogens with two attached hydrogens (primary N) is 1. The Balaban J connectivity index is 1.91. The van der Waals surface area contributed by atoms with E-state index in [4.69, 9.17) is 10.5 Å². The second-order valence-electron chi connectivity index (χ2n) is 7.02. The van der Waals surface area contributed by atoms with Gasteiger partial charge in [0.2, 0.25) is 5.91 Å². The van der Waals surface area contributed by atoms with E-state index in [0.29, 0.717) is 0 Å². The first kappa shape index (κ1) is 22.6. The number of carbonyl (C=O) groups is 4. The van der Waals surface area contributed by atoms with Gasteiger partial charge in [0.15, 0.2) is 6.61 Å². The van der Waals surface area contributed by atoms with Crippen molar-refractivity contribution in [3.63, 3.8) is 0 Å². The van der Waals surface area contributed by atoms with E-state index in [1.165, 1.54) is 12.1 Å². The summed E-state index contributed by atoms with van der Waals surface area (Å²) in [5.74, 6) is -2.60. The smallest absolute Gasteiger partial charge is 0.329 e. The van der Waals surface area contributed by atoms with Gasteiger partial charge in [0.1, 0.15) is 6.04 Å². The van der Waals surface area contributed by atoms with Gasteiger partial charge in [0.25, 0.3) is 11.8 Å². The second kappa shape index (κ2) is 10.8. The summed E-state index contributed by atoms with van der Waals surface area (Å²) in [6.07, 6.45) is 0.127. The zero-order valence-electron chi connectivity index (χ0n) is 16.9. The monoisotopic (exact) mass is 411 g/mol. The van der Waals surface area contributed by atoms with E-state index < -0.39 is 30.4 Å². The van der Waals surface area contributed by atoms with E-state index in [1.807, 2.05) is 30.3 Å². The van der Waals surface area contributed by atoms with Crippen molar-refractivity contribution < 1.29 is 23.9 Å². The molecule has 0 aromatic heterocycles. The number of para-hydroxylation sites is 1. The highest BCUT2D eigenvalue weighted by Gasteiger charge is 2.26. The van der Waals surface area contributed by atoms with Crippen molar-refractivity contribution >= 4 is 29.4 Å². The maximum atomic E-state index is 12.4. The van der Waals surface area contributed by atoms with Gasteiger partial charge in [-0.3, -0.25) is 14.4 Å². The Hall–Kier alpha value is -3.68. The molecule has 0 aliphatic carbocycles. The highest BCUT2D eigenvalue weighted by Crippen LogP contribution is 2.14. The maximum absolute atomic E-state index is 12.4. The van der Waals surface area contributed by atoms with Crippen LogP contribution >= 0.6 is 0 Å². The molecule has 0 saturated carbocycles. The Kier molecular flexibility index (Phi) is 8.10. The highest BCUT2D eigenvalue weighted by atomic mass is 16.5. The fourth-order valence-corrected chi connectivity index (χ4v) is 2.72. The Morgan fingerprint density at radius 2 is 1.57 bits per heavy atom. The normalized spacial score (nSPS) is 11.4. The van der Waals surface area contributed by atoms with Crippen LogP contribution in [0.4, 0.5) is 5.69 Å². The van der Waals surface area contributed by atoms with E-state index >= 15 is 0 Å². The van der Waals surface area contributed by atoms with Crippen molar-refractivity contribution in [2.45, 2.75) is 26.3 Å². The minimum absolute atomic E-state index is 0.127. The molecule has 0 fully saturated rings. The maximum Gasteiger partial charge on any atom is 0.329 e. The summed E-state index contributed by atoms with van der Waals surface area (Å²) in [5, 5.41) is 5.14. The molecular formula is C22H25N3O5. The van der Waals surface area contributed by atoms with Crippen molar-refractivity contribution in [3.05, 3.63) is 65.7 Å². The molecule has 0 bridgehead atoms. The molecule has 30 heavy (non-hydrogen) atoms. The first-order valence-corrected chi connectivity index (χ1v) is 9.46. The number of esters is 1. The predicted molar refractivity (Wildman–Crippen MR) is 111 cm³/mol. The van der Waals surface area contributed by atoms with Gasteiger partial charge in [-0.05, 0) is 23.6 Å². The number of primary amides is 1. The summed E-state index contributed by atoms with van der Waals surface area (Å²) in [5.41, 5.74) is 6.46. The van der Waals surface area contributed by atoms with Crippen molar-refractivity contribution in [3.8, 4) is 0 Å². The number of rotatable bonds is 9. The molecule has 0 aliphatic heterocycles. The van der Waals surface area contributed by atoms with Gasteiger partial charge in [-0.15, -0.1) is 0 Å². The van der Waals surface area contributed by atoms with Crippen molar-refractivity contribution in [1.82, 2.24) is 5.32 Å². The van der Waals surface area contributed by atoms with Crippen LogP contribution in [0.1, 0.15) is 29.8 Å². The van der Waals surface area contributed by atoms with Crippen LogP contribution in [0.2, 0.25) is 0 Å². The summed E-state index contributed by atoms with van der Waals surface area (Å²) >= 11 is 0. The third-order valence-corrected chi connectivity index (χ3v) is 4.26. The fraction of sp³-hybridized carbons (Fsp3) is 0.273. The van der Waals surface area contributed by atoms with E-state index in [0.717, 1.165) is 5.56 Å². The topological polar surface area (TPSA) is 128 Å². The second-order valence-corrected chi connectivity index (χ2v) is 7.02. The Labute approximate surface area is 174 Å². The summed E-state index contributed by atoms with van der Waals surface area (Å²) in [7, 11) is 0. The van der Waals surface area contributed by atoms with Crippen LogP contribution in [0.5, 0.6) is 0 Å². The molecule has 8 nitrogen and oxygen atoms in total. The molecular weight excluding hydrogens is 386 g/mol. The van der Waals surface area contributed by atoms with Crippen LogP contribution in [0.3, 0.4) is 0 Å². The summed E-state index contributed by atoms with van der Waals surface area (Å²) in [4.78, 5) is 48.2. The largest absolute Gasteiger partial charge is 0.454 e. The molecule has 0 heterocycles. The molecule has 0 spiro atoms. The highest BCUT2D eigenvalue weighted by molar-refractivity contribution is 6.03. The van der Waals surface area contributed by atoms with Gasteiger partial charge in [-0.2, -0.15) is 0 Å². The molecule has 0 aliphatic rings. The lowest BCUT2D eigenvalue weighted by atomic mass is 10.0. The van der Waals surface area contributed by atoms with Crippen LogP contribution in [-0.4, -0.2) is 36.3 Å². The molecule has 0 radical (unpaired) electrons. The van der Waals surface area contributed by atoms with E-state index in [-0.39, 0.29) is 29.5 Å². The molecule has 1 atom stereocenters. The van der Waals surface area contributed by atoms with E-state index in [9.17, 15) is 19.2 Å². The van der Waals surface area contributed by atoms with E-state index in [2.05, 4.69) is 10.6 Å². The lowest BCUT2D eigenvalue weighted by Gasteiger charge is -2.21.